The third kappa shape index (κ3) is 3.62. The number of para-hydroxylation sites is 1. The second-order valence-electron chi connectivity index (χ2n) is 6.07. The molecule has 25 heavy (non-hydrogen) atoms. The number of hydrogen-bond acceptors (Lipinski definition) is 7. The maximum atomic E-state index is 12.4. The number of nitrogens with zero attached hydrogens (tertiary/aromatic N) is 3. The third-order valence-corrected chi connectivity index (χ3v) is 4.19. The zero-order valence-corrected chi connectivity index (χ0v) is 13.9. The average Bonchev–Trinajstić information content (AvgIpc) is 3.04. The first-order valence-electron chi connectivity index (χ1n) is 8.10. The topological polar surface area (TPSA) is 120 Å². The van der Waals surface area contributed by atoms with Gasteiger partial charge in [-0.3, -0.25) is 14.3 Å². The normalized spacial score (nSPS) is 16.3. The van der Waals surface area contributed by atoms with Crippen molar-refractivity contribution in [1.82, 2.24) is 14.8 Å². The third-order valence-electron chi connectivity index (χ3n) is 4.19. The summed E-state index contributed by atoms with van der Waals surface area (Å²) in [6.45, 7) is 2.34. The van der Waals surface area contributed by atoms with Gasteiger partial charge in [0.1, 0.15) is 12.1 Å². The highest BCUT2D eigenvalue weighted by Gasteiger charge is 2.38. The van der Waals surface area contributed by atoms with E-state index >= 15 is 0 Å². The van der Waals surface area contributed by atoms with E-state index in [9.17, 15) is 14.6 Å². The largest absolute Gasteiger partial charge is 0.535 e. The SMILES string of the molecule is CC(=O)c1cccc2c1OB(O)[C@@H](CC(=O)c1ncn(CCN)n1)C2. The zero-order valence-electron chi connectivity index (χ0n) is 13.9. The first kappa shape index (κ1) is 17.3. The number of fused-ring (bicyclic) bond motifs is 1. The van der Waals surface area contributed by atoms with Gasteiger partial charge < -0.3 is 15.4 Å². The van der Waals surface area contributed by atoms with Crippen molar-refractivity contribution < 1.29 is 19.3 Å². The summed E-state index contributed by atoms with van der Waals surface area (Å²) >= 11 is 0. The van der Waals surface area contributed by atoms with Crippen molar-refractivity contribution in [3.63, 3.8) is 0 Å². The maximum absolute atomic E-state index is 12.4. The molecule has 1 aromatic carbocycles. The minimum Gasteiger partial charge on any atom is -0.535 e. The molecule has 0 bridgehead atoms. The summed E-state index contributed by atoms with van der Waals surface area (Å²) in [6.07, 6.45) is 1.95. The summed E-state index contributed by atoms with van der Waals surface area (Å²) in [6, 6.07) is 5.26. The van der Waals surface area contributed by atoms with E-state index in [0.717, 1.165) is 5.56 Å². The van der Waals surface area contributed by atoms with Crippen LogP contribution in [0.5, 0.6) is 5.75 Å². The van der Waals surface area contributed by atoms with Gasteiger partial charge in [-0.1, -0.05) is 12.1 Å². The van der Waals surface area contributed by atoms with Gasteiger partial charge in [0.15, 0.2) is 5.78 Å². The molecular formula is C16H19BN4O4. The molecule has 0 aliphatic carbocycles. The Kier molecular flexibility index (Phi) is 4.96. The van der Waals surface area contributed by atoms with Crippen molar-refractivity contribution >= 4 is 18.7 Å². The Morgan fingerprint density at radius 1 is 1.48 bits per heavy atom. The lowest BCUT2D eigenvalue weighted by Crippen LogP contribution is -2.35. The molecule has 0 spiro atoms. The van der Waals surface area contributed by atoms with Crippen LogP contribution in [0.2, 0.25) is 5.82 Å². The van der Waals surface area contributed by atoms with E-state index in [1.54, 1.807) is 12.1 Å². The second-order valence-corrected chi connectivity index (χ2v) is 6.07. The molecule has 130 valence electrons. The van der Waals surface area contributed by atoms with Crippen molar-refractivity contribution in [2.45, 2.75) is 32.1 Å². The summed E-state index contributed by atoms with van der Waals surface area (Å²) < 4.78 is 7.05. The van der Waals surface area contributed by atoms with Crippen molar-refractivity contribution in [1.29, 1.82) is 0 Å². The van der Waals surface area contributed by atoms with Crippen molar-refractivity contribution in [3.05, 3.63) is 41.5 Å². The molecule has 1 aromatic heterocycles. The number of carbonyl (C=O) groups is 2. The number of benzene rings is 1. The predicted octanol–water partition coefficient (Wildman–Crippen LogP) is 0.498. The second kappa shape index (κ2) is 7.16. The first-order valence-corrected chi connectivity index (χ1v) is 8.10. The lowest BCUT2D eigenvalue weighted by molar-refractivity contribution is 0.0962. The highest BCUT2D eigenvalue weighted by molar-refractivity contribution is 6.47. The molecule has 0 saturated carbocycles. The summed E-state index contributed by atoms with van der Waals surface area (Å²) in [5, 5.41) is 14.3. The number of hydrogen-bond donors (Lipinski definition) is 2. The Bertz CT molecular complexity index is 807. The van der Waals surface area contributed by atoms with Crippen molar-refractivity contribution in [2.75, 3.05) is 6.54 Å². The Morgan fingerprint density at radius 2 is 2.28 bits per heavy atom. The zero-order chi connectivity index (χ0) is 18.0. The Morgan fingerprint density at radius 3 is 3.00 bits per heavy atom. The van der Waals surface area contributed by atoms with Crippen molar-refractivity contribution in [2.24, 2.45) is 5.73 Å². The van der Waals surface area contributed by atoms with Gasteiger partial charge >= 0.3 is 7.12 Å². The maximum Gasteiger partial charge on any atom is 0.526 e. The van der Waals surface area contributed by atoms with Crippen LogP contribution in [0.1, 0.15) is 39.9 Å². The quantitative estimate of drug-likeness (QED) is 0.579. The summed E-state index contributed by atoms with van der Waals surface area (Å²) in [4.78, 5) is 28.0. The molecule has 1 atom stereocenters. The smallest absolute Gasteiger partial charge is 0.526 e. The Hall–Kier alpha value is -2.52. The molecule has 0 unspecified atom stereocenters. The van der Waals surface area contributed by atoms with Gasteiger partial charge in [-0.25, -0.2) is 4.98 Å². The fraction of sp³-hybridized carbons (Fsp3) is 0.375. The minimum atomic E-state index is -1.16. The molecule has 0 amide bonds. The van der Waals surface area contributed by atoms with Crippen LogP contribution in [0.25, 0.3) is 0 Å². The Labute approximate surface area is 145 Å². The molecule has 0 radical (unpaired) electrons. The summed E-state index contributed by atoms with van der Waals surface area (Å²) in [5.41, 5.74) is 6.68. The number of Topliss-reactive ketones (excluding diaryl/α,β-unsaturated/α-hetero) is 2. The molecular weight excluding hydrogens is 323 g/mol. The molecule has 0 saturated heterocycles. The predicted molar refractivity (Wildman–Crippen MR) is 90.5 cm³/mol. The number of aromatic nitrogens is 3. The van der Waals surface area contributed by atoms with Crippen LogP contribution >= 0.6 is 0 Å². The molecule has 0 fully saturated rings. The van der Waals surface area contributed by atoms with Crippen LogP contribution < -0.4 is 10.4 Å². The average molecular weight is 342 g/mol. The molecule has 2 heterocycles. The van der Waals surface area contributed by atoms with Gasteiger partial charge in [0.25, 0.3) is 0 Å². The highest BCUT2D eigenvalue weighted by atomic mass is 16.5. The minimum absolute atomic E-state index is 0.0531. The molecule has 1 aliphatic rings. The Balaban J connectivity index is 1.74. The molecule has 8 nitrogen and oxygen atoms in total. The van der Waals surface area contributed by atoms with Crippen LogP contribution in [0.15, 0.2) is 24.5 Å². The molecule has 9 heteroatoms. The molecule has 3 rings (SSSR count). The van der Waals surface area contributed by atoms with Gasteiger partial charge in [-0.15, -0.1) is 5.10 Å². The number of nitrogens with two attached hydrogens (primary N) is 1. The molecule has 2 aromatic rings. The van der Waals surface area contributed by atoms with Crippen LogP contribution in [-0.2, 0) is 13.0 Å². The number of ketones is 2. The fourth-order valence-electron chi connectivity index (χ4n) is 2.93. The molecule has 1 aliphatic heterocycles. The number of carbonyl (C=O) groups excluding carboxylic acids is 2. The first-order chi connectivity index (χ1) is 12.0. The van der Waals surface area contributed by atoms with Gasteiger partial charge in [-0.2, -0.15) is 0 Å². The van der Waals surface area contributed by atoms with E-state index in [4.69, 9.17) is 10.4 Å². The standard InChI is InChI=1S/C16H19BN4O4/c1-10(22)13-4-2-3-11-7-12(17(24)25-15(11)13)8-14(23)16-19-9-21(20-16)6-5-18/h2-4,9,12,24H,5-8,18H2,1H3/t12-/m1/s1. The van der Waals surface area contributed by atoms with Gasteiger partial charge in [0.05, 0.1) is 12.1 Å². The number of rotatable bonds is 6. The van der Waals surface area contributed by atoms with Crippen LogP contribution in [0.3, 0.4) is 0 Å². The van der Waals surface area contributed by atoms with E-state index < -0.39 is 12.9 Å². The van der Waals surface area contributed by atoms with E-state index in [1.807, 2.05) is 6.07 Å². The van der Waals surface area contributed by atoms with Crippen molar-refractivity contribution in [3.8, 4) is 5.75 Å². The van der Waals surface area contributed by atoms with Gasteiger partial charge in [-0.05, 0) is 25.0 Å². The summed E-state index contributed by atoms with van der Waals surface area (Å²) in [5.74, 6) is -0.327. The fourth-order valence-corrected chi connectivity index (χ4v) is 2.93. The lowest BCUT2D eigenvalue weighted by atomic mass is 9.64. The van der Waals surface area contributed by atoms with Crippen LogP contribution in [-0.4, -0.2) is 45.0 Å². The van der Waals surface area contributed by atoms with E-state index in [1.165, 1.54) is 17.9 Å². The van der Waals surface area contributed by atoms with E-state index in [-0.39, 0.29) is 23.8 Å². The monoisotopic (exact) mass is 342 g/mol. The van der Waals surface area contributed by atoms with Gasteiger partial charge in [0, 0.05) is 18.8 Å². The van der Waals surface area contributed by atoms with E-state index in [2.05, 4.69) is 10.1 Å². The lowest BCUT2D eigenvalue weighted by Gasteiger charge is -2.28. The molecule has 3 N–H and O–H groups in total. The van der Waals surface area contributed by atoms with Crippen LogP contribution in [0.4, 0.5) is 0 Å². The van der Waals surface area contributed by atoms with Crippen LogP contribution in [0, 0.1) is 0 Å². The van der Waals surface area contributed by atoms with Gasteiger partial charge in [0.2, 0.25) is 11.6 Å². The highest BCUT2D eigenvalue weighted by Crippen LogP contribution is 2.36. The summed E-state index contributed by atoms with van der Waals surface area (Å²) in [7, 11) is -1.16. The van der Waals surface area contributed by atoms with E-state index in [0.29, 0.717) is 30.8 Å².